The number of benzene rings is 1. The van der Waals surface area contributed by atoms with Crippen LogP contribution in [0, 0.1) is 6.92 Å². The minimum absolute atomic E-state index is 0.0241. The summed E-state index contributed by atoms with van der Waals surface area (Å²) in [6.45, 7) is 7.39. The summed E-state index contributed by atoms with van der Waals surface area (Å²) in [5, 5.41) is 2.97. The monoisotopic (exact) mass is 324 g/mol. The highest BCUT2D eigenvalue weighted by Crippen LogP contribution is 2.20. The van der Waals surface area contributed by atoms with E-state index in [4.69, 9.17) is 0 Å². The van der Waals surface area contributed by atoms with Crippen molar-refractivity contribution in [1.29, 1.82) is 0 Å². The van der Waals surface area contributed by atoms with E-state index in [0.717, 1.165) is 37.6 Å². The van der Waals surface area contributed by atoms with Gasteiger partial charge in [-0.3, -0.25) is 9.88 Å². The maximum absolute atomic E-state index is 12.4. The minimum atomic E-state index is -0.0241. The summed E-state index contributed by atoms with van der Waals surface area (Å²) in [6.07, 6.45) is 1.83. The summed E-state index contributed by atoms with van der Waals surface area (Å²) in [5.74, 6) is 0. The molecule has 0 saturated carbocycles. The first-order chi connectivity index (χ1) is 11.6. The first-order valence-electron chi connectivity index (χ1n) is 8.41. The molecule has 0 bridgehead atoms. The van der Waals surface area contributed by atoms with Gasteiger partial charge in [0.15, 0.2) is 0 Å². The molecule has 24 heavy (non-hydrogen) atoms. The van der Waals surface area contributed by atoms with Crippen molar-refractivity contribution in [2.75, 3.05) is 31.5 Å². The fraction of sp³-hybridized carbons (Fsp3) is 0.368. The normalized spacial score (nSPS) is 16.7. The van der Waals surface area contributed by atoms with E-state index in [0.29, 0.717) is 0 Å². The minimum Gasteiger partial charge on any atom is -0.322 e. The second-order valence-electron chi connectivity index (χ2n) is 6.25. The molecule has 1 atom stereocenters. The third kappa shape index (κ3) is 3.92. The number of nitrogens with one attached hydrogen (secondary N) is 1. The zero-order valence-corrected chi connectivity index (χ0v) is 14.3. The third-order valence-corrected chi connectivity index (χ3v) is 4.57. The molecule has 126 valence electrons. The molecule has 1 aromatic heterocycles. The van der Waals surface area contributed by atoms with Crippen molar-refractivity contribution in [3.05, 3.63) is 59.9 Å². The number of anilines is 1. The summed E-state index contributed by atoms with van der Waals surface area (Å²) in [4.78, 5) is 21.1. The molecule has 2 amide bonds. The van der Waals surface area contributed by atoms with E-state index in [1.165, 1.54) is 5.56 Å². The van der Waals surface area contributed by atoms with Crippen LogP contribution in [0.15, 0.2) is 48.7 Å². The Hall–Kier alpha value is -2.40. The van der Waals surface area contributed by atoms with E-state index < -0.39 is 0 Å². The highest BCUT2D eigenvalue weighted by Gasteiger charge is 2.25. The van der Waals surface area contributed by atoms with Gasteiger partial charge in [-0.15, -0.1) is 0 Å². The maximum atomic E-state index is 12.4. The number of aromatic nitrogens is 1. The number of hydrogen-bond acceptors (Lipinski definition) is 3. The summed E-state index contributed by atoms with van der Waals surface area (Å²) in [7, 11) is 0. The number of nitrogens with zero attached hydrogens (tertiary/aromatic N) is 3. The number of piperazine rings is 1. The van der Waals surface area contributed by atoms with Crippen LogP contribution < -0.4 is 5.32 Å². The summed E-state index contributed by atoms with van der Waals surface area (Å²) in [6, 6.07) is 14.1. The Morgan fingerprint density at radius 2 is 1.79 bits per heavy atom. The molecule has 0 unspecified atom stereocenters. The molecule has 0 aliphatic carbocycles. The van der Waals surface area contributed by atoms with E-state index in [-0.39, 0.29) is 12.1 Å². The van der Waals surface area contributed by atoms with Gasteiger partial charge >= 0.3 is 6.03 Å². The van der Waals surface area contributed by atoms with Crippen LogP contribution in [0.3, 0.4) is 0 Å². The molecule has 5 heteroatoms. The fourth-order valence-corrected chi connectivity index (χ4v) is 2.96. The third-order valence-electron chi connectivity index (χ3n) is 4.57. The van der Waals surface area contributed by atoms with E-state index in [2.05, 4.69) is 28.2 Å². The van der Waals surface area contributed by atoms with Crippen LogP contribution in [0.4, 0.5) is 10.5 Å². The van der Waals surface area contributed by atoms with Crippen LogP contribution in [0.1, 0.15) is 24.2 Å². The van der Waals surface area contributed by atoms with E-state index in [9.17, 15) is 4.79 Å². The van der Waals surface area contributed by atoms with Gasteiger partial charge in [0.25, 0.3) is 0 Å². The maximum Gasteiger partial charge on any atom is 0.321 e. The molecule has 0 spiro atoms. The molecule has 2 heterocycles. The standard InChI is InChI=1S/C19H24N4O/c1-15-6-8-17(9-7-15)21-19(24)23-13-11-22(12-14-23)16(2)18-5-3-4-10-20-18/h3-10,16H,11-14H2,1-2H3,(H,21,24)/t16-/m1/s1. The van der Waals surface area contributed by atoms with Gasteiger partial charge in [-0.2, -0.15) is 0 Å². The Labute approximate surface area is 143 Å². The number of pyridine rings is 1. The number of carbonyl (C=O) groups is 1. The number of carbonyl (C=O) groups excluding carboxylic acids is 1. The molecule has 1 fully saturated rings. The fourth-order valence-electron chi connectivity index (χ4n) is 2.96. The molecule has 1 N–H and O–H groups in total. The van der Waals surface area contributed by atoms with Gasteiger partial charge in [0, 0.05) is 44.1 Å². The highest BCUT2D eigenvalue weighted by molar-refractivity contribution is 5.89. The lowest BCUT2D eigenvalue weighted by atomic mass is 10.1. The van der Waals surface area contributed by atoms with E-state index >= 15 is 0 Å². The van der Waals surface area contributed by atoms with Crippen LogP contribution in [0.2, 0.25) is 0 Å². The van der Waals surface area contributed by atoms with Crippen molar-refractivity contribution in [3.63, 3.8) is 0 Å². The predicted molar refractivity (Wildman–Crippen MR) is 96.0 cm³/mol. The zero-order valence-electron chi connectivity index (χ0n) is 14.3. The SMILES string of the molecule is Cc1ccc(NC(=O)N2CCN([C@H](C)c3ccccn3)CC2)cc1. The van der Waals surface area contributed by atoms with Crippen molar-refractivity contribution in [3.8, 4) is 0 Å². The van der Waals surface area contributed by atoms with Crippen molar-refractivity contribution >= 4 is 11.7 Å². The van der Waals surface area contributed by atoms with Crippen LogP contribution >= 0.6 is 0 Å². The van der Waals surface area contributed by atoms with Crippen LogP contribution in [-0.2, 0) is 0 Å². The van der Waals surface area contributed by atoms with Crippen LogP contribution in [0.5, 0.6) is 0 Å². The van der Waals surface area contributed by atoms with Crippen molar-refractivity contribution < 1.29 is 4.79 Å². The Bertz CT molecular complexity index is 664. The lowest BCUT2D eigenvalue weighted by molar-refractivity contribution is 0.118. The largest absolute Gasteiger partial charge is 0.322 e. The molecule has 3 rings (SSSR count). The Kier molecular flexibility index (Phi) is 5.11. The van der Waals surface area contributed by atoms with Crippen molar-refractivity contribution in [1.82, 2.24) is 14.8 Å². The quantitative estimate of drug-likeness (QED) is 0.942. The smallest absolute Gasteiger partial charge is 0.321 e. The summed E-state index contributed by atoms with van der Waals surface area (Å²) < 4.78 is 0. The second kappa shape index (κ2) is 7.45. The number of amides is 2. The summed E-state index contributed by atoms with van der Waals surface area (Å²) in [5.41, 5.74) is 3.11. The van der Waals surface area contributed by atoms with Gasteiger partial charge in [0.05, 0.1) is 5.69 Å². The average Bonchev–Trinajstić information content (AvgIpc) is 2.64. The zero-order chi connectivity index (χ0) is 16.9. The Balaban J connectivity index is 1.53. The van der Waals surface area contributed by atoms with Crippen LogP contribution in [0.25, 0.3) is 0 Å². The Morgan fingerprint density at radius 3 is 2.42 bits per heavy atom. The summed E-state index contributed by atoms with van der Waals surface area (Å²) >= 11 is 0. The highest BCUT2D eigenvalue weighted by atomic mass is 16.2. The number of aryl methyl sites for hydroxylation is 1. The number of hydrogen-bond donors (Lipinski definition) is 1. The Morgan fingerprint density at radius 1 is 1.08 bits per heavy atom. The van der Waals surface area contributed by atoms with E-state index in [1.54, 1.807) is 0 Å². The first kappa shape index (κ1) is 16.5. The molecule has 1 aliphatic heterocycles. The lowest BCUT2D eigenvalue weighted by Gasteiger charge is -2.37. The first-order valence-corrected chi connectivity index (χ1v) is 8.41. The average molecular weight is 324 g/mol. The van der Waals surface area contributed by atoms with Gasteiger partial charge in [-0.05, 0) is 38.1 Å². The van der Waals surface area contributed by atoms with Gasteiger partial charge < -0.3 is 10.2 Å². The molecular formula is C19H24N4O. The molecule has 0 radical (unpaired) electrons. The van der Waals surface area contributed by atoms with Gasteiger partial charge in [-0.25, -0.2) is 4.79 Å². The predicted octanol–water partition coefficient (Wildman–Crippen LogP) is 3.30. The molecule has 5 nitrogen and oxygen atoms in total. The number of urea groups is 1. The van der Waals surface area contributed by atoms with E-state index in [1.807, 2.05) is 54.4 Å². The van der Waals surface area contributed by atoms with Crippen molar-refractivity contribution in [2.45, 2.75) is 19.9 Å². The molecule has 2 aromatic rings. The second-order valence-corrected chi connectivity index (χ2v) is 6.25. The van der Waals surface area contributed by atoms with Crippen molar-refractivity contribution in [2.24, 2.45) is 0 Å². The van der Waals surface area contributed by atoms with Gasteiger partial charge in [0.1, 0.15) is 0 Å². The van der Waals surface area contributed by atoms with Crippen LogP contribution in [-0.4, -0.2) is 47.0 Å². The number of rotatable bonds is 3. The molecule has 1 aromatic carbocycles. The molecule has 1 aliphatic rings. The van der Waals surface area contributed by atoms with Gasteiger partial charge in [0.2, 0.25) is 0 Å². The molecule has 1 saturated heterocycles. The topological polar surface area (TPSA) is 48.5 Å². The lowest BCUT2D eigenvalue weighted by Crippen LogP contribution is -2.50. The van der Waals surface area contributed by atoms with Gasteiger partial charge in [-0.1, -0.05) is 23.8 Å². The molecular weight excluding hydrogens is 300 g/mol.